The zero-order valence-electron chi connectivity index (χ0n) is 8.07. The van der Waals surface area contributed by atoms with E-state index in [4.69, 9.17) is 5.11 Å². The molecule has 3 nitrogen and oxygen atoms in total. The van der Waals surface area contributed by atoms with E-state index in [1.807, 2.05) is 6.20 Å². The Balaban J connectivity index is 2.22. The van der Waals surface area contributed by atoms with Crippen molar-refractivity contribution in [2.24, 2.45) is 5.92 Å². The number of piperidine rings is 1. The average molecular weight is 183 g/mol. The summed E-state index contributed by atoms with van der Waals surface area (Å²) in [5.41, 5.74) is 0. The van der Waals surface area contributed by atoms with E-state index in [2.05, 4.69) is 11.8 Å². The highest BCUT2D eigenvalue weighted by molar-refractivity contribution is 5.68. The van der Waals surface area contributed by atoms with Crippen LogP contribution in [0.4, 0.5) is 0 Å². The molecule has 0 aromatic rings. The molecule has 0 spiro atoms. The molecular formula is C10H17NO2. The highest BCUT2D eigenvalue weighted by Crippen LogP contribution is 2.15. The minimum atomic E-state index is -0.762. The van der Waals surface area contributed by atoms with Gasteiger partial charge in [0.1, 0.15) is 0 Å². The Labute approximate surface area is 79.0 Å². The zero-order chi connectivity index (χ0) is 9.68. The fourth-order valence-corrected chi connectivity index (χ4v) is 1.48. The second kappa shape index (κ2) is 4.90. The quantitative estimate of drug-likeness (QED) is 0.724. The molecule has 1 rings (SSSR count). The SMILES string of the molecule is CC1CCN(/C=C/CC(=O)O)CC1. The van der Waals surface area contributed by atoms with Gasteiger partial charge in [0.05, 0.1) is 6.42 Å². The number of likely N-dealkylation sites (tertiary alicyclic amines) is 1. The monoisotopic (exact) mass is 183 g/mol. The summed E-state index contributed by atoms with van der Waals surface area (Å²) in [6.07, 6.45) is 6.21. The van der Waals surface area contributed by atoms with Crippen LogP contribution in [0.5, 0.6) is 0 Å². The Morgan fingerprint density at radius 1 is 1.54 bits per heavy atom. The number of nitrogens with zero attached hydrogens (tertiary/aromatic N) is 1. The van der Waals surface area contributed by atoms with Crippen LogP contribution in [-0.2, 0) is 4.79 Å². The van der Waals surface area contributed by atoms with Crippen LogP contribution < -0.4 is 0 Å². The maximum absolute atomic E-state index is 10.2. The average Bonchev–Trinajstić information content (AvgIpc) is 2.08. The largest absolute Gasteiger partial charge is 0.481 e. The van der Waals surface area contributed by atoms with Crippen LogP contribution in [0.1, 0.15) is 26.2 Å². The van der Waals surface area contributed by atoms with E-state index in [-0.39, 0.29) is 6.42 Å². The predicted molar refractivity (Wildman–Crippen MR) is 51.4 cm³/mol. The molecule has 1 heterocycles. The molecule has 1 aliphatic rings. The maximum Gasteiger partial charge on any atom is 0.307 e. The molecule has 1 N–H and O–H groups in total. The molecule has 0 radical (unpaired) electrons. The van der Waals surface area contributed by atoms with Gasteiger partial charge in [-0.1, -0.05) is 13.0 Å². The van der Waals surface area contributed by atoms with Gasteiger partial charge in [-0.05, 0) is 25.0 Å². The molecule has 1 aliphatic heterocycles. The lowest BCUT2D eigenvalue weighted by Crippen LogP contribution is -2.28. The van der Waals surface area contributed by atoms with Crippen LogP contribution in [0.25, 0.3) is 0 Å². The van der Waals surface area contributed by atoms with E-state index in [0.29, 0.717) is 0 Å². The first-order valence-corrected chi connectivity index (χ1v) is 4.81. The van der Waals surface area contributed by atoms with Crippen molar-refractivity contribution >= 4 is 5.97 Å². The first-order chi connectivity index (χ1) is 6.18. The van der Waals surface area contributed by atoms with Crippen molar-refractivity contribution in [1.29, 1.82) is 0 Å². The van der Waals surface area contributed by atoms with E-state index >= 15 is 0 Å². The molecule has 0 amide bonds. The third-order valence-corrected chi connectivity index (χ3v) is 2.43. The summed E-state index contributed by atoms with van der Waals surface area (Å²) < 4.78 is 0. The van der Waals surface area contributed by atoms with E-state index < -0.39 is 5.97 Å². The summed E-state index contributed by atoms with van der Waals surface area (Å²) in [6, 6.07) is 0. The molecule has 74 valence electrons. The molecule has 0 aromatic heterocycles. The van der Waals surface area contributed by atoms with Gasteiger partial charge in [-0.25, -0.2) is 0 Å². The van der Waals surface area contributed by atoms with Gasteiger partial charge in [-0.3, -0.25) is 4.79 Å². The summed E-state index contributed by atoms with van der Waals surface area (Å²) >= 11 is 0. The standard InChI is InChI=1S/C10H17NO2/c1-9-4-7-11(8-5-9)6-2-3-10(12)13/h2,6,9H,3-5,7-8H2,1H3,(H,12,13)/b6-2+. The number of aliphatic carboxylic acids is 1. The van der Waals surface area contributed by atoms with E-state index in [1.54, 1.807) is 6.08 Å². The maximum atomic E-state index is 10.2. The Kier molecular flexibility index (Phi) is 3.80. The predicted octanol–water partition coefficient (Wildman–Crippen LogP) is 1.71. The Morgan fingerprint density at radius 3 is 2.69 bits per heavy atom. The lowest BCUT2D eigenvalue weighted by atomic mass is 10.00. The van der Waals surface area contributed by atoms with Crippen LogP contribution in [0.15, 0.2) is 12.3 Å². The fourth-order valence-electron chi connectivity index (χ4n) is 1.48. The van der Waals surface area contributed by atoms with Crippen molar-refractivity contribution in [2.75, 3.05) is 13.1 Å². The summed E-state index contributed by atoms with van der Waals surface area (Å²) in [4.78, 5) is 12.4. The van der Waals surface area contributed by atoms with E-state index in [0.717, 1.165) is 19.0 Å². The van der Waals surface area contributed by atoms with Crippen LogP contribution in [0, 0.1) is 5.92 Å². The van der Waals surface area contributed by atoms with Crippen molar-refractivity contribution in [3.63, 3.8) is 0 Å². The summed E-state index contributed by atoms with van der Waals surface area (Å²) in [7, 11) is 0. The lowest BCUT2D eigenvalue weighted by Gasteiger charge is -2.28. The van der Waals surface area contributed by atoms with Crippen molar-refractivity contribution in [3.05, 3.63) is 12.3 Å². The van der Waals surface area contributed by atoms with Crippen molar-refractivity contribution in [2.45, 2.75) is 26.2 Å². The molecule has 0 bridgehead atoms. The molecule has 0 saturated carbocycles. The van der Waals surface area contributed by atoms with Crippen LogP contribution in [0.2, 0.25) is 0 Å². The topological polar surface area (TPSA) is 40.5 Å². The Bertz CT molecular complexity index is 193. The Hall–Kier alpha value is -0.990. The summed E-state index contributed by atoms with van der Waals surface area (Å²) in [6.45, 7) is 4.40. The molecular weight excluding hydrogens is 166 g/mol. The van der Waals surface area contributed by atoms with Gasteiger partial charge in [0, 0.05) is 13.1 Å². The molecule has 3 heteroatoms. The highest BCUT2D eigenvalue weighted by Gasteiger charge is 2.11. The second-order valence-corrected chi connectivity index (χ2v) is 3.70. The second-order valence-electron chi connectivity index (χ2n) is 3.70. The molecule has 1 fully saturated rings. The zero-order valence-corrected chi connectivity index (χ0v) is 8.07. The van der Waals surface area contributed by atoms with Gasteiger partial charge in [0.2, 0.25) is 0 Å². The first kappa shape index (κ1) is 10.1. The summed E-state index contributed by atoms with van der Waals surface area (Å²) in [5.74, 6) is 0.0609. The van der Waals surface area contributed by atoms with E-state index in [1.165, 1.54) is 12.8 Å². The number of hydrogen-bond acceptors (Lipinski definition) is 2. The molecule has 0 aromatic carbocycles. The number of carboxylic acid groups (broad SMARTS) is 1. The number of carbonyl (C=O) groups is 1. The number of rotatable bonds is 3. The van der Waals surface area contributed by atoms with Crippen LogP contribution in [0.3, 0.4) is 0 Å². The van der Waals surface area contributed by atoms with Crippen molar-refractivity contribution in [3.8, 4) is 0 Å². The van der Waals surface area contributed by atoms with Gasteiger partial charge in [0.25, 0.3) is 0 Å². The van der Waals surface area contributed by atoms with Gasteiger partial charge in [0.15, 0.2) is 0 Å². The molecule has 0 atom stereocenters. The van der Waals surface area contributed by atoms with Gasteiger partial charge >= 0.3 is 5.97 Å². The van der Waals surface area contributed by atoms with Gasteiger partial charge in [-0.2, -0.15) is 0 Å². The summed E-state index contributed by atoms with van der Waals surface area (Å²) in [5, 5.41) is 8.42. The molecule has 1 saturated heterocycles. The van der Waals surface area contributed by atoms with Gasteiger partial charge < -0.3 is 10.0 Å². The highest BCUT2D eigenvalue weighted by atomic mass is 16.4. The fraction of sp³-hybridized carbons (Fsp3) is 0.700. The molecule has 0 unspecified atom stereocenters. The van der Waals surface area contributed by atoms with Crippen molar-refractivity contribution in [1.82, 2.24) is 4.90 Å². The lowest BCUT2D eigenvalue weighted by molar-refractivity contribution is -0.136. The van der Waals surface area contributed by atoms with Crippen LogP contribution >= 0.6 is 0 Å². The minimum absolute atomic E-state index is 0.131. The Morgan fingerprint density at radius 2 is 2.15 bits per heavy atom. The van der Waals surface area contributed by atoms with Gasteiger partial charge in [-0.15, -0.1) is 0 Å². The molecule has 0 aliphatic carbocycles. The smallest absolute Gasteiger partial charge is 0.307 e. The number of carboxylic acids is 1. The third-order valence-electron chi connectivity index (χ3n) is 2.43. The third kappa shape index (κ3) is 3.97. The minimum Gasteiger partial charge on any atom is -0.481 e. The van der Waals surface area contributed by atoms with E-state index in [9.17, 15) is 4.79 Å². The van der Waals surface area contributed by atoms with Crippen molar-refractivity contribution < 1.29 is 9.90 Å². The normalized spacial score (nSPS) is 19.6. The first-order valence-electron chi connectivity index (χ1n) is 4.81. The van der Waals surface area contributed by atoms with Crippen LogP contribution in [-0.4, -0.2) is 29.1 Å². The molecule has 13 heavy (non-hydrogen) atoms. The number of hydrogen-bond donors (Lipinski definition) is 1.